The number of ketones is 1. The minimum absolute atomic E-state index is 0.111. The van der Waals surface area contributed by atoms with Gasteiger partial charge in [-0.15, -0.1) is 0 Å². The fourth-order valence-electron chi connectivity index (χ4n) is 3.08. The third-order valence-corrected chi connectivity index (χ3v) is 4.91. The number of rotatable bonds is 5. The highest BCUT2D eigenvalue weighted by Crippen LogP contribution is 2.39. The molecular formula is C20H15Cl2NO5. The summed E-state index contributed by atoms with van der Waals surface area (Å²) < 4.78 is 0. The lowest BCUT2D eigenvalue weighted by molar-refractivity contribution is -0.142. The van der Waals surface area contributed by atoms with Crippen molar-refractivity contribution in [2.75, 3.05) is 6.54 Å². The number of benzene rings is 2. The highest BCUT2D eigenvalue weighted by molar-refractivity contribution is 6.46. The van der Waals surface area contributed by atoms with E-state index in [4.69, 9.17) is 28.3 Å². The zero-order valence-corrected chi connectivity index (χ0v) is 15.9. The molecule has 1 atom stereocenters. The molecule has 0 aliphatic carbocycles. The number of hydrogen-bond acceptors (Lipinski definition) is 4. The Kier molecular flexibility index (Phi) is 5.72. The SMILES string of the molecule is O=C(O)CCN1C(=O)C(=O)C(=C(O)c2ccc(Cl)cc2)[C@@H]1c1ccc(Cl)cc1. The Morgan fingerprint density at radius 3 is 2.00 bits per heavy atom. The lowest BCUT2D eigenvalue weighted by atomic mass is 9.95. The van der Waals surface area contributed by atoms with E-state index in [1.54, 1.807) is 36.4 Å². The second kappa shape index (κ2) is 8.04. The Balaban J connectivity index is 2.14. The normalized spacial score (nSPS) is 18.5. The van der Waals surface area contributed by atoms with Crippen molar-refractivity contribution in [2.24, 2.45) is 0 Å². The van der Waals surface area contributed by atoms with Crippen LogP contribution in [0.25, 0.3) is 5.76 Å². The number of carbonyl (C=O) groups is 3. The van der Waals surface area contributed by atoms with Gasteiger partial charge in [0.25, 0.3) is 11.7 Å². The largest absolute Gasteiger partial charge is 0.507 e. The first-order valence-electron chi connectivity index (χ1n) is 8.31. The Morgan fingerprint density at radius 1 is 0.929 bits per heavy atom. The Morgan fingerprint density at radius 2 is 1.46 bits per heavy atom. The summed E-state index contributed by atoms with van der Waals surface area (Å²) in [6, 6.07) is 11.7. The summed E-state index contributed by atoms with van der Waals surface area (Å²) >= 11 is 11.8. The second-order valence-corrected chi connectivity index (χ2v) is 7.07. The number of halogens is 2. The molecule has 144 valence electrons. The van der Waals surface area contributed by atoms with Crippen molar-refractivity contribution in [1.29, 1.82) is 0 Å². The molecule has 0 bridgehead atoms. The smallest absolute Gasteiger partial charge is 0.305 e. The van der Waals surface area contributed by atoms with E-state index in [1.165, 1.54) is 12.1 Å². The van der Waals surface area contributed by atoms with Crippen molar-refractivity contribution in [3.05, 3.63) is 75.3 Å². The van der Waals surface area contributed by atoms with Gasteiger partial charge in [0, 0.05) is 22.2 Å². The maximum Gasteiger partial charge on any atom is 0.305 e. The number of likely N-dealkylation sites (tertiary alicyclic amines) is 1. The van der Waals surface area contributed by atoms with Crippen molar-refractivity contribution < 1.29 is 24.6 Å². The summed E-state index contributed by atoms with van der Waals surface area (Å²) in [7, 11) is 0. The van der Waals surface area contributed by atoms with E-state index in [1.807, 2.05) is 0 Å². The summed E-state index contributed by atoms with van der Waals surface area (Å²) in [5.41, 5.74) is 0.740. The Bertz CT molecular complexity index is 967. The Labute approximate surface area is 170 Å². The van der Waals surface area contributed by atoms with Crippen molar-refractivity contribution in [3.8, 4) is 0 Å². The van der Waals surface area contributed by atoms with E-state index < -0.39 is 23.7 Å². The monoisotopic (exact) mass is 419 g/mol. The molecule has 28 heavy (non-hydrogen) atoms. The van der Waals surface area contributed by atoms with Gasteiger partial charge in [-0.3, -0.25) is 14.4 Å². The molecular weight excluding hydrogens is 405 g/mol. The molecule has 6 nitrogen and oxygen atoms in total. The quantitative estimate of drug-likeness (QED) is 0.435. The molecule has 0 unspecified atom stereocenters. The molecule has 1 aliphatic rings. The third-order valence-electron chi connectivity index (χ3n) is 4.41. The van der Waals surface area contributed by atoms with Gasteiger partial charge in [-0.25, -0.2) is 0 Å². The lowest BCUT2D eigenvalue weighted by Crippen LogP contribution is -2.31. The van der Waals surface area contributed by atoms with Crippen molar-refractivity contribution >= 4 is 46.6 Å². The number of aliphatic hydroxyl groups excluding tert-OH is 1. The number of aliphatic carboxylic acids is 1. The maximum absolute atomic E-state index is 12.7. The van der Waals surface area contributed by atoms with Gasteiger partial charge < -0.3 is 15.1 Å². The van der Waals surface area contributed by atoms with Crippen LogP contribution < -0.4 is 0 Å². The van der Waals surface area contributed by atoms with E-state index in [9.17, 15) is 19.5 Å². The molecule has 0 aromatic heterocycles. The van der Waals surface area contributed by atoms with E-state index in [-0.39, 0.29) is 24.3 Å². The van der Waals surface area contributed by atoms with Gasteiger partial charge in [0.15, 0.2) is 0 Å². The van der Waals surface area contributed by atoms with E-state index in [0.29, 0.717) is 21.2 Å². The average Bonchev–Trinajstić information content (AvgIpc) is 2.91. The van der Waals surface area contributed by atoms with Gasteiger partial charge in [0.05, 0.1) is 18.0 Å². The van der Waals surface area contributed by atoms with Crippen LogP contribution in [0.3, 0.4) is 0 Å². The number of nitrogens with zero attached hydrogens (tertiary/aromatic N) is 1. The highest BCUT2D eigenvalue weighted by Gasteiger charge is 2.46. The number of Topliss-reactive ketones (excluding diaryl/α,β-unsaturated/α-hetero) is 1. The number of carbonyl (C=O) groups excluding carboxylic acids is 2. The average molecular weight is 420 g/mol. The van der Waals surface area contributed by atoms with Crippen LogP contribution in [0, 0.1) is 0 Å². The molecule has 1 heterocycles. The molecule has 1 saturated heterocycles. The first-order valence-corrected chi connectivity index (χ1v) is 9.07. The predicted molar refractivity (Wildman–Crippen MR) is 104 cm³/mol. The van der Waals surface area contributed by atoms with Crippen LogP contribution in [0.1, 0.15) is 23.6 Å². The molecule has 1 amide bonds. The first-order chi connectivity index (χ1) is 13.3. The fourth-order valence-corrected chi connectivity index (χ4v) is 3.33. The molecule has 0 spiro atoms. The standard InChI is InChI=1S/C20H15Cl2NO5/c21-13-5-1-11(2-6-13)17-16(18(26)12-3-7-14(22)8-4-12)19(27)20(28)23(17)10-9-15(24)25/h1-8,17,26H,9-10H2,(H,24,25)/t17-/m0/s1. The zero-order chi connectivity index (χ0) is 20.4. The van der Waals surface area contributed by atoms with E-state index in [2.05, 4.69) is 0 Å². The van der Waals surface area contributed by atoms with Gasteiger partial charge in [-0.2, -0.15) is 0 Å². The number of hydrogen-bond donors (Lipinski definition) is 2. The minimum atomic E-state index is -1.10. The van der Waals surface area contributed by atoms with Crippen LogP contribution in [0.5, 0.6) is 0 Å². The number of aliphatic hydroxyl groups is 1. The molecule has 1 aliphatic heterocycles. The summed E-state index contributed by atoms with van der Waals surface area (Å²) in [5.74, 6) is -3.20. The van der Waals surface area contributed by atoms with Crippen molar-refractivity contribution in [1.82, 2.24) is 4.90 Å². The number of carboxylic acids is 1. The van der Waals surface area contributed by atoms with Gasteiger partial charge in [0.1, 0.15) is 5.76 Å². The van der Waals surface area contributed by atoms with Crippen LogP contribution in [-0.4, -0.2) is 39.3 Å². The van der Waals surface area contributed by atoms with Gasteiger partial charge in [-0.1, -0.05) is 35.3 Å². The van der Waals surface area contributed by atoms with E-state index in [0.717, 1.165) is 4.90 Å². The molecule has 0 saturated carbocycles. The molecule has 3 rings (SSSR count). The fraction of sp³-hybridized carbons (Fsp3) is 0.150. The molecule has 8 heteroatoms. The van der Waals surface area contributed by atoms with Crippen molar-refractivity contribution in [3.63, 3.8) is 0 Å². The third kappa shape index (κ3) is 3.88. The van der Waals surface area contributed by atoms with Gasteiger partial charge >= 0.3 is 5.97 Å². The Hall–Kier alpha value is -2.83. The molecule has 1 fully saturated rings. The van der Waals surface area contributed by atoms with Crippen LogP contribution in [0.2, 0.25) is 10.0 Å². The van der Waals surface area contributed by atoms with Crippen LogP contribution in [0.15, 0.2) is 54.1 Å². The molecule has 2 N–H and O–H groups in total. The molecule has 2 aromatic rings. The van der Waals surface area contributed by atoms with Gasteiger partial charge in [-0.05, 0) is 42.0 Å². The van der Waals surface area contributed by atoms with Gasteiger partial charge in [0.2, 0.25) is 0 Å². The highest BCUT2D eigenvalue weighted by atomic mass is 35.5. The molecule has 2 aromatic carbocycles. The number of amides is 1. The van der Waals surface area contributed by atoms with E-state index >= 15 is 0 Å². The molecule has 0 radical (unpaired) electrons. The lowest BCUT2D eigenvalue weighted by Gasteiger charge is -2.24. The summed E-state index contributed by atoms with van der Waals surface area (Å²) in [5, 5.41) is 20.7. The van der Waals surface area contributed by atoms with Crippen LogP contribution >= 0.6 is 23.2 Å². The summed E-state index contributed by atoms with van der Waals surface area (Å²) in [6.07, 6.45) is -0.335. The first kappa shape index (κ1) is 19.9. The topological polar surface area (TPSA) is 94.9 Å². The van der Waals surface area contributed by atoms with Crippen LogP contribution in [0.4, 0.5) is 0 Å². The van der Waals surface area contributed by atoms with Crippen molar-refractivity contribution in [2.45, 2.75) is 12.5 Å². The predicted octanol–water partition coefficient (Wildman–Crippen LogP) is 3.89. The summed E-state index contributed by atoms with van der Waals surface area (Å²) in [4.78, 5) is 37.4. The maximum atomic E-state index is 12.7. The number of carboxylic acid groups (broad SMARTS) is 1. The second-order valence-electron chi connectivity index (χ2n) is 6.19. The summed E-state index contributed by atoms with van der Waals surface area (Å²) in [6.45, 7) is -0.176. The minimum Gasteiger partial charge on any atom is -0.507 e. The zero-order valence-electron chi connectivity index (χ0n) is 14.4. The van der Waals surface area contributed by atoms with Crippen LogP contribution in [-0.2, 0) is 14.4 Å².